The molecule has 0 saturated carbocycles. The predicted octanol–water partition coefficient (Wildman–Crippen LogP) is 4.41. The van der Waals surface area contributed by atoms with Crippen molar-refractivity contribution in [3.63, 3.8) is 0 Å². The first-order valence-electron chi connectivity index (χ1n) is 7.40. The normalized spacial score (nSPS) is 21.4. The van der Waals surface area contributed by atoms with E-state index in [0.29, 0.717) is 0 Å². The van der Waals surface area contributed by atoms with Gasteiger partial charge in [0.15, 0.2) is 0 Å². The van der Waals surface area contributed by atoms with Crippen LogP contribution >= 0.6 is 0 Å². The maximum absolute atomic E-state index is 5.55. The largest absolute Gasteiger partial charge is 0.494 e. The van der Waals surface area contributed by atoms with E-state index in [-0.39, 0.29) is 5.54 Å². The fraction of sp³-hybridized carbons (Fsp3) is 0.263. The quantitative estimate of drug-likeness (QED) is 0.743. The smallest absolute Gasteiger partial charge is 0.146 e. The summed E-state index contributed by atoms with van der Waals surface area (Å²) < 4.78 is 5.55. The molecule has 1 aromatic rings. The molecule has 3 heteroatoms. The number of para-hydroxylation sites is 1. The molecular formula is C19H20N2O. The summed E-state index contributed by atoms with van der Waals surface area (Å²) in [5.74, 6) is 0.771. The van der Waals surface area contributed by atoms with Crippen LogP contribution in [-0.2, 0) is 4.74 Å². The second kappa shape index (κ2) is 5.41. The van der Waals surface area contributed by atoms with E-state index in [0.717, 1.165) is 28.4 Å². The summed E-state index contributed by atoms with van der Waals surface area (Å²) in [6.45, 7) is 6.31. The van der Waals surface area contributed by atoms with Crippen LogP contribution in [0, 0.1) is 0 Å². The summed E-state index contributed by atoms with van der Waals surface area (Å²) in [4.78, 5) is 9.48. The molecule has 1 aliphatic carbocycles. The third kappa shape index (κ3) is 2.80. The lowest BCUT2D eigenvalue weighted by Crippen LogP contribution is -2.27. The summed E-state index contributed by atoms with van der Waals surface area (Å²) in [5.41, 5.74) is 4.82. The van der Waals surface area contributed by atoms with Crippen molar-refractivity contribution in [1.82, 2.24) is 0 Å². The molecule has 0 atom stereocenters. The molecule has 2 aliphatic rings. The molecule has 0 saturated heterocycles. The Labute approximate surface area is 131 Å². The van der Waals surface area contributed by atoms with Crippen LogP contribution in [0.5, 0.6) is 0 Å². The lowest BCUT2D eigenvalue weighted by Gasteiger charge is -2.29. The van der Waals surface area contributed by atoms with E-state index < -0.39 is 0 Å². The zero-order valence-electron chi connectivity index (χ0n) is 13.4. The number of ether oxygens (including phenoxy) is 1. The number of nitrogens with zero attached hydrogens (tertiary/aromatic N) is 2. The number of rotatable bonds is 2. The van der Waals surface area contributed by atoms with Crippen molar-refractivity contribution in [2.24, 2.45) is 9.98 Å². The van der Waals surface area contributed by atoms with Crippen molar-refractivity contribution in [3.8, 4) is 0 Å². The van der Waals surface area contributed by atoms with E-state index in [1.165, 1.54) is 5.57 Å². The highest BCUT2D eigenvalue weighted by atomic mass is 16.5. The minimum atomic E-state index is -0.206. The second-order valence-electron chi connectivity index (χ2n) is 6.08. The molecule has 3 rings (SSSR count). The van der Waals surface area contributed by atoms with Gasteiger partial charge >= 0.3 is 0 Å². The van der Waals surface area contributed by atoms with Gasteiger partial charge in [-0.05, 0) is 44.6 Å². The van der Waals surface area contributed by atoms with Gasteiger partial charge in [0.2, 0.25) is 0 Å². The monoisotopic (exact) mass is 292 g/mol. The third-order valence-electron chi connectivity index (χ3n) is 3.69. The van der Waals surface area contributed by atoms with Crippen molar-refractivity contribution in [2.45, 2.75) is 26.3 Å². The van der Waals surface area contributed by atoms with Gasteiger partial charge in [0.25, 0.3) is 0 Å². The van der Waals surface area contributed by atoms with Crippen molar-refractivity contribution in [2.75, 3.05) is 7.11 Å². The van der Waals surface area contributed by atoms with Crippen molar-refractivity contribution < 1.29 is 4.74 Å². The molecule has 0 radical (unpaired) electrons. The van der Waals surface area contributed by atoms with E-state index in [2.05, 4.69) is 37.9 Å². The van der Waals surface area contributed by atoms with E-state index in [1.54, 1.807) is 7.11 Å². The Morgan fingerprint density at radius 2 is 1.82 bits per heavy atom. The molecule has 0 bridgehead atoms. The average molecular weight is 292 g/mol. The van der Waals surface area contributed by atoms with E-state index in [9.17, 15) is 0 Å². The van der Waals surface area contributed by atoms with Gasteiger partial charge in [0.05, 0.1) is 24.0 Å². The van der Waals surface area contributed by atoms with Crippen LogP contribution in [0.1, 0.15) is 20.8 Å². The standard InChI is InChI=1S/C19H20N2O/c1-13-12-19(2,3)21-18-16(13)10-15(11-17(18)22-4)20-14-8-6-5-7-9-14/h5-12H,1-4H3. The molecule has 3 nitrogen and oxygen atoms in total. The summed E-state index contributed by atoms with van der Waals surface area (Å²) >= 11 is 0. The number of dihydropyridines is 1. The molecule has 0 unspecified atom stereocenters. The Balaban J connectivity index is 2.08. The van der Waals surface area contributed by atoms with Gasteiger partial charge in [-0.25, -0.2) is 4.99 Å². The Hall–Kier alpha value is -2.42. The van der Waals surface area contributed by atoms with Crippen LogP contribution in [0.2, 0.25) is 0 Å². The Kier molecular flexibility index (Phi) is 3.57. The number of methoxy groups -OCH3 is 1. The number of benzene rings is 1. The topological polar surface area (TPSA) is 34.0 Å². The molecule has 0 spiro atoms. The van der Waals surface area contributed by atoms with E-state index in [1.807, 2.05) is 36.4 Å². The molecule has 0 fully saturated rings. The molecule has 1 heterocycles. The molecule has 1 aromatic carbocycles. The van der Waals surface area contributed by atoms with Gasteiger partial charge in [0, 0.05) is 11.6 Å². The number of hydrogen-bond acceptors (Lipinski definition) is 3. The molecule has 0 aromatic heterocycles. The SMILES string of the molecule is COC1=CC(=Nc2ccccc2)C=C2C(C)=CC(C)(C)N=C12. The zero-order chi connectivity index (χ0) is 15.7. The summed E-state index contributed by atoms with van der Waals surface area (Å²) in [6, 6.07) is 9.93. The van der Waals surface area contributed by atoms with Gasteiger partial charge in [-0.1, -0.05) is 24.3 Å². The fourth-order valence-corrected chi connectivity index (χ4v) is 2.81. The van der Waals surface area contributed by atoms with Crippen molar-refractivity contribution in [1.29, 1.82) is 0 Å². The van der Waals surface area contributed by atoms with Gasteiger partial charge in [0.1, 0.15) is 11.5 Å². The first kappa shape index (κ1) is 14.5. The molecule has 0 N–H and O–H groups in total. The Morgan fingerprint density at radius 1 is 1.09 bits per heavy atom. The highest BCUT2D eigenvalue weighted by Gasteiger charge is 2.29. The first-order valence-corrected chi connectivity index (χ1v) is 7.40. The highest BCUT2D eigenvalue weighted by Crippen LogP contribution is 2.31. The van der Waals surface area contributed by atoms with Crippen LogP contribution in [0.3, 0.4) is 0 Å². The van der Waals surface area contributed by atoms with Crippen LogP contribution in [0.4, 0.5) is 5.69 Å². The highest BCUT2D eigenvalue weighted by molar-refractivity contribution is 6.25. The minimum absolute atomic E-state index is 0.206. The van der Waals surface area contributed by atoms with Gasteiger partial charge in [-0.15, -0.1) is 0 Å². The predicted molar refractivity (Wildman–Crippen MR) is 92.0 cm³/mol. The maximum Gasteiger partial charge on any atom is 0.146 e. The van der Waals surface area contributed by atoms with Crippen molar-refractivity contribution in [3.05, 3.63) is 65.5 Å². The molecule has 1 aliphatic heterocycles. The molecule has 0 amide bonds. The molecule has 22 heavy (non-hydrogen) atoms. The Morgan fingerprint density at radius 3 is 2.50 bits per heavy atom. The first-order chi connectivity index (χ1) is 10.5. The van der Waals surface area contributed by atoms with Crippen LogP contribution < -0.4 is 0 Å². The van der Waals surface area contributed by atoms with Crippen molar-refractivity contribution >= 4 is 17.1 Å². The van der Waals surface area contributed by atoms with Gasteiger partial charge in [-0.2, -0.15) is 0 Å². The van der Waals surface area contributed by atoms with Gasteiger partial charge in [-0.3, -0.25) is 4.99 Å². The summed E-state index contributed by atoms with van der Waals surface area (Å²) in [6.07, 6.45) is 6.21. The zero-order valence-corrected chi connectivity index (χ0v) is 13.4. The van der Waals surface area contributed by atoms with Crippen LogP contribution in [0.25, 0.3) is 0 Å². The number of hydrogen-bond donors (Lipinski definition) is 0. The fourth-order valence-electron chi connectivity index (χ4n) is 2.81. The van der Waals surface area contributed by atoms with E-state index in [4.69, 9.17) is 9.73 Å². The third-order valence-corrected chi connectivity index (χ3v) is 3.69. The van der Waals surface area contributed by atoms with Gasteiger partial charge < -0.3 is 4.74 Å². The van der Waals surface area contributed by atoms with Crippen LogP contribution in [0.15, 0.2) is 75.5 Å². The second-order valence-corrected chi connectivity index (χ2v) is 6.08. The Bertz CT molecular complexity index is 747. The minimum Gasteiger partial charge on any atom is -0.494 e. The lowest BCUT2D eigenvalue weighted by molar-refractivity contribution is 0.314. The molecular weight excluding hydrogens is 272 g/mol. The number of allylic oxidation sites excluding steroid dienone is 4. The summed E-state index contributed by atoms with van der Waals surface area (Å²) in [5, 5.41) is 0. The maximum atomic E-state index is 5.55. The number of aliphatic imine (C=N–C) groups is 2. The average Bonchev–Trinajstić information content (AvgIpc) is 2.47. The number of fused-ring (bicyclic) bond motifs is 1. The summed E-state index contributed by atoms with van der Waals surface area (Å²) in [7, 11) is 1.68. The van der Waals surface area contributed by atoms with E-state index >= 15 is 0 Å². The van der Waals surface area contributed by atoms with Crippen LogP contribution in [-0.4, -0.2) is 24.1 Å². The molecule has 112 valence electrons. The lowest BCUT2D eigenvalue weighted by atomic mass is 9.87.